The van der Waals surface area contributed by atoms with Gasteiger partial charge in [-0.05, 0) is 99.7 Å². The van der Waals surface area contributed by atoms with Gasteiger partial charge in [0, 0.05) is 43.1 Å². The molecular weight excluding hydrogens is 505 g/mol. The number of nitrogens with one attached hydrogen (secondary N) is 1. The predicted octanol–water partition coefficient (Wildman–Crippen LogP) is 5.46. The van der Waals surface area contributed by atoms with E-state index in [0.717, 1.165) is 69.0 Å². The summed E-state index contributed by atoms with van der Waals surface area (Å²) in [7, 11) is 0. The number of carbonyl (C=O) groups is 2. The number of aryl methyl sites for hydroxylation is 1. The van der Waals surface area contributed by atoms with E-state index in [1.807, 2.05) is 30.0 Å². The standard InChI is InChI=1S/C33H44FN3O3/c1-3-19-37(32(39)15-10-14-31(35)38)20-7-8-21-40-30-24-27(23-29(34)25-30)11-5-6-18-36-33(16-17-33)28-13-9-12-26(4-2)22-28/h2,9,12-13,22-25,36H,3,5-8,10-11,14-21H2,1H3,(H2,35,38). The lowest BCUT2D eigenvalue weighted by Gasteiger charge is -2.22. The Balaban J connectivity index is 1.35. The Hall–Kier alpha value is -3.37. The molecule has 40 heavy (non-hydrogen) atoms. The van der Waals surface area contributed by atoms with Gasteiger partial charge in [-0.3, -0.25) is 9.59 Å². The molecule has 7 heteroatoms. The lowest BCUT2D eigenvalue weighted by Crippen LogP contribution is -2.32. The molecule has 3 rings (SSSR count). The van der Waals surface area contributed by atoms with Gasteiger partial charge in [0.25, 0.3) is 0 Å². The number of hydrogen-bond donors (Lipinski definition) is 2. The van der Waals surface area contributed by atoms with Crippen molar-refractivity contribution in [2.24, 2.45) is 5.73 Å². The van der Waals surface area contributed by atoms with Crippen molar-refractivity contribution in [2.75, 3.05) is 26.2 Å². The normalized spacial score (nSPS) is 13.4. The van der Waals surface area contributed by atoms with Gasteiger partial charge in [0.15, 0.2) is 0 Å². The molecule has 1 fully saturated rings. The van der Waals surface area contributed by atoms with Crippen LogP contribution in [0, 0.1) is 18.2 Å². The Bertz CT molecular complexity index is 1160. The molecule has 0 unspecified atom stereocenters. The minimum atomic E-state index is -0.380. The van der Waals surface area contributed by atoms with E-state index >= 15 is 0 Å². The minimum Gasteiger partial charge on any atom is -0.493 e. The number of rotatable bonds is 19. The van der Waals surface area contributed by atoms with E-state index in [0.29, 0.717) is 38.3 Å². The van der Waals surface area contributed by atoms with Crippen molar-refractivity contribution in [1.29, 1.82) is 0 Å². The van der Waals surface area contributed by atoms with Crippen LogP contribution >= 0.6 is 0 Å². The maximum atomic E-state index is 14.2. The zero-order chi connectivity index (χ0) is 28.8. The first kappa shape index (κ1) is 31.2. The number of unbranched alkanes of at least 4 members (excludes halogenated alkanes) is 2. The van der Waals surface area contributed by atoms with E-state index in [-0.39, 0.29) is 29.6 Å². The molecule has 0 radical (unpaired) electrons. The molecule has 216 valence electrons. The van der Waals surface area contributed by atoms with Crippen LogP contribution < -0.4 is 15.8 Å². The molecule has 0 bridgehead atoms. The van der Waals surface area contributed by atoms with Gasteiger partial charge in [0.2, 0.25) is 11.8 Å². The van der Waals surface area contributed by atoms with Crippen molar-refractivity contribution < 1.29 is 18.7 Å². The summed E-state index contributed by atoms with van der Waals surface area (Å²) in [6, 6.07) is 13.2. The van der Waals surface area contributed by atoms with E-state index in [1.165, 1.54) is 11.6 Å². The summed E-state index contributed by atoms with van der Waals surface area (Å²) in [5.41, 5.74) is 8.33. The van der Waals surface area contributed by atoms with Gasteiger partial charge in [0.1, 0.15) is 11.6 Å². The number of benzene rings is 2. The molecule has 2 amide bonds. The first-order chi connectivity index (χ1) is 19.3. The fraction of sp³-hybridized carbons (Fsp3) is 0.515. The Labute approximate surface area is 238 Å². The van der Waals surface area contributed by atoms with Gasteiger partial charge >= 0.3 is 0 Å². The maximum Gasteiger partial charge on any atom is 0.222 e. The third kappa shape index (κ3) is 10.3. The van der Waals surface area contributed by atoms with Crippen LogP contribution in [-0.2, 0) is 21.5 Å². The fourth-order valence-electron chi connectivity index (χ4n) is 5.03. The van der Waals surface area contributed by atoms with Gasteiger partial charge in [-0.2, -0.15) is 0 Å². The highest BCUT2D eigenvalue weighted by Crippen LogP contribution is 2.45. The van der Waals surface area contributed by atoms with E-state index in [2.05, 4.69) is 23.4 Å². The molecule has 0 atom stereocenters. The van der Waals surface area contributed by atoms with Gasteiger partial charge in [0.05, 0.1) is 6.61 Å². The molecule has 0 saturated heterocycles. The van der Waals surface area contributed by atoms with Gasteiger partial charge in [-0.1, -0.05) is 25.0 Å². The summed E-state index contributed by atoms with van der Waals surface area (Å²) in [6.07, 6.45) is 14.0. The molecular formula is C33H44FN3O3. The third-order valence-corrected chi connectivity index (χ3v) is 7.37. The average molecular weight is 550 g/mol. The topological polar surface area (TPSA) is 84.7 Å². The van der Waals surface area contributed by atoms with Crippen LogP contribution in [0.4, 0.5) is 4.39 Å². The van der Waals surface area contributed by atoms with E-state index < -0.39 is 0 Å². The zero-order valence-corrected chi connectivity index (χ0v) is 23.9. The van der Waals surface area contributed by atoms with Crippen molar-refractivity contribution in [3.8, 4) is 18.1 Å². The van der Waals surface area contributed by atoms with Crippen LogP contribution in [0.2, 0.25) is 0 Å². The minimum absolute atomic E-state index is 0.0541. The van der Waals surface area contributed by atoms with Crippen molar-refractivity contribution in [3.05, 3.63) is 65.0 Å². The highest BCUT2D eigenvalue weighted by Gasteiger charge is 2.43. The number of amides is 2. The second-order valence-electron chi connectivity index (χ2n) is 10.7. The number of ether oxygens (including phenoxy) is 1. The molecule has 1 saturated carbocycles. The number of halogens is 1. The molecule has 0 spiro atoms. The van der Waals surface area contributed by atoms with Crippen molar-refractivity contribution in [1.82, 2.24) is 10.2 Å². The summed E-state index contributed by atoms with van der Waals surface area (Å²) in [4.78, 5) is 25.2. The second kappa shape index (κ2) is 16.0. The first-order valence-electron chi connectivity index (χ1n) is 14.7. The molecule has 3 N–H and O–H groups in total. The molecule has 1 aliphatic carbocycles. The van der Waals surface area contributed by atoms with Crippen molar-refractivity contribution in [3.63, 3.8) is 0 Å². The lowest BCUT2D eigenvalue weighted by atomic mass is 10.0. The summed E-state index contributed by atoms with van der Waals surface area (Å²) in [6.45, 7) is 4.74. The van der Waals surface area contributed by atoms with Crippen LogP contribution in [0.25, 0.3) is 0 Å². The van der Waals surface area contributed by atoms with Crippen molar-refractivity contribution in [2.45, 2.75) is 83.1 Å². The molecule has 0 heterocycles. The third-order valence-electron chi connectivity index (χ3n) is 7.37. The van der Waals surface area contributed by atoms with Crippen LogP contribution in [0.1, 0.15) is 87.8 Å². The smallest absolute Gasteiger partial charge is 0.222 e. The van der Waals surface area contributed by atoms with Gasteiger partial charge < -0.3 is 20.7 Å². The maximum absolute atomic E-state index is 14.2. The highest BCUT2D eigenvalue weighted by molar-refractivity contribution is 5.78. The summed E-state index contributed by atoms with van der Waals surface area (Å²) >= 11 is 0. The number of carbonyl (C=O) groups excluding carboxylic acids is 2. The highest BCUT2D eigenvalue weighted by atomic mass is 19.1. The van der Waals surface area contributed by atoms with E-state index in [4.69, 9.17) is 16.9 Å². The molecule has 0 aliphatic heterocycles. The Morgan fingerprint density at radius 1 is 1.07 bits per heavy atom. The predicted molar refractivity (Wildman–Crippen MR) is 157 cm³/mol. The zero-order valence-electron chi connectivity index (χ0n) is 23.9. The summed E-state index contributed by atoms with van der Waals surface area (Å²) in [5, 5.41) is 3.71. The SMILES string of the molecule is C#Cc1cccc(C2(NCCCCc3cc(F)cc(OCCCCN(CCC)C(=O)CCCC(N)=O)c3)CC2)c1. The van der Waals surface area contributed by atoms with Crippen LogP contribution in [0.15, 0.2) is 42.5 Å². The van der Waals surface area contributed by atoms with Crippen LogP contribution in [0.5, 0.6) is 5.75 Å². The van der Waals surface area contributed by atoms with E-state index in [1.54, 1.807) is 6.07 Å². The second-order valence-corrected chi connectivity index (χ2v) is 10.7. The monoisotopic (exact) mass is 549 g/mol. The average Bonchev–Trinajstić information content (AvgIpc) is 3.72. The van der Waals surface area contributed by atoms with Gasteiger partial charge in [-0.25, -0.2) is 4.39 Å². The number of nitrogens with zero attached hydrogens (tertiary/aromatic N) is 1. The molecule has 1 aliphatic rings. The van der Waals surface area contributed by atoms with Crippen LogP contribution in [0.3, 0.4) is 0 Å². The Kier molecular flexibility index (Phi) is 12.5. The molecule has 6 nitrogen and oxygen atoms in total. The number of primary amides is 1. The molecule has 0 aromatic heterocycles. The van der Waals surface area contributed by atoms with E-state index in [9.17, 15) is 14.0 Å². The fourth-order valence-corrected chi connectivity index (χ4v) is 5.03. The first-order valence-corrected chi connectivity index (χ1v) is 14.7. The van der Waals surface area contributed by atoms with Crippen molar-refractivity contribution >= 4 is 11.8 Å². The van der Waals surface area contributed by atoms with Gasteiger partial charge in [-0.15, -0.1) is 6.42 Å². The molecule has 2 aromatic carbocycles. The van der Waals surface area contributed by atoms with Crippen LogP contribution in [-0.4, -0.2) is 43.0 Å². The number of terminal acetylenes is 1. The number of nitrogens with two attached hydrogens (primary N) is 1. The molecule has 2 aromatic rings. The lowest BCUT2D eigenvalue weighted by molar-refractivity contribution is -0.131. The summed E-state index contributed by atoms with van der Waals surface area (Å²) < 4.78 is 20.1. The quantitative estimate of drug-likeness (QED) is 0.180. The largest absolute Gasteiger partial charge is 0.493 e. The Morgan fingerprint density at radius 2 is 1.90 bits per heavy atom. The number of hydrogen-bond acceptors (Lipinski definition) is 4. The summed E-state index contributed by atoms with van der Waals surface area (Å²) in [5.74, 6) is 2.65. The Morgan fingerprint density at radius 3 is 2.62 bits per heavy atom.